The van der Waals surface area contributed by atoms with E-state index in [1.54, 1.807) is 0 Å². The molecule has 0 unspecified atom stereocenters. The molecule has 1 rings (SSSR count). The number of rotatable bonds is 5. The van der Waals surface area contributed by atoms with Gasteiger partial charge in [-0.25, -0.2) is 9.18 Å². The largest absolute Gasteiger partial charge is 0.502 e. The van der Waals surface area contributed by atoms with Crippen molar-refractivity contribution in [3.8, 4) is 5.75 Å². The zero-order valence-corrected chi connectivity index (χ0v) is 11.0. The Morgan fingerprint density at radius 3 is 2.60 bits per heavy atom. The summed E-state index contributed by atoms with van der Waals surface area (Å²) in [6.45, 7) is 0.110. The molecule has 108 valence electrons. The van der Waals surface area contributed by atoms with Crippen LogP contribution in [0.15, 0.2) is 30.0 Å². The summed E-state index contributed by atoms with van der Waals surface area (Å²) in [6.07, 6.45) is 0.600. The highest BCUT2D eigenvalue weighted by molar-refractivity contribution is 5.95. The first-order valence-electron chi connectivity index (χ1n) is 5.56. The maximum Gasteiger partial charge on any atom is 0.371 e. The lowest BCUT2D eigenvalue weighted by atomic mass is 10.2. The fourth-order valence-electron chi connectivity index (χ4n) is 1.44. The minimum absolute atomic E-state index is 0.0484. The summed E-state index contributed by atoms with van der Waals surface area (Å²) >= 11 is 0. The molecule has 0 radical (unpaired) electrons. The number of carboxylic acid groups (broad SMARTS) is 1. The molecular weight excluding hydrogens is 269 g/mol. The molecule has 0 heterocycles. The van der Waals surface area contributed by atoms with E-state index in [9.17, 15) is 14.0 Å². The number of nitrogens with zero attached hydrogens (tertiary/aromatic N) is 1. The second kappa shape index (κ2) is 6.55. The summed E-state index contributed by atoms with van der Waals surface area (Å²) in [5.41, 5.74) is 0.599. The number of ether oxygens (including phenoxy) is 1. The smallest absolute Gasteiger partial charge is 0.371 e. The lowest BCUT2D eigenvalue weighted by molar-refractivity contribution is -0.136. The van der Waals surface area contributed by atoms with Crippen molar-refractivity contribution in [2.24, 2.45) is 0 Å². The van der Waals surface area contributed by atoms with Gasteiger partial charge in [0.15, 0.2) is 11.6 Å². The molecular formula is C13H14FNO5. The highest BCUT2D eigenvalue weighted by atomic mass is 19.1. The van der Waals surface area contributed by atoms with Crippen molar-refractivity contribution >= 4 is 11.9 Å². The van der Waals surface area contributed by atoms with Crippen molar-refractivity contribution < 1.29 is 28.9 Å². The molecule has 0 aromatic heterocycles. The van der Waals surface area contributed by atoms with Gasteiger partial charge in [0.2, 0.25) is 5.76 Å². The van der Waals surface area contributed by atoms with Gasteiger partial charge in [-0.3, -0.25) is 4.79 Å². The van der Waals surface area contributed by atoms with E-state index in [4.69, 9.17) is 14.9 Å². The van der Waals surface area contributed by atoms with E-state index in [1.165, 1.54) is 37.3 Å². The molecule has 20 heavy (non-hydrogen) atoms. The van der Waals surface area contributed by atoms with E-state index in [1.807, 2.05) is 0 Å². The molecule has 1 aromatic carbocycles. The Labute approximate surface area is 114 Å². The summed E-state index contributed by atoms with van der Waals surface area (Å²) in [5.74, 6) is -3.79. The maximum absolute atomic E-state index is 13.2. The molecule has 0 saturated carbocycles. The summed E-state index contributed by atoms with van der Waals surface area (Å²) < 4.78 is 18.0. The van der Waals surface area contributed by atoms with Gasteiger partial charge in [-0.1, -0.05) is 6.07 Å². The Morgan fingerprint density at radius 2 is 2.05 bits per heavy atom. The number of aliphatic hydroxyl groups is 1. The lowest BCUT2D eigenvalue weighted by Crippen LogP contribution is -2.25. The second-order valence-corrected chi connectivity index (χ2v) is 4.00. The Kier molecular flexibility index (Phi) is 5.08. The minimum atomic E-state index is -1.59. The van der Waals surface area contributed by atoms with Crippen LogP contribution in [0.25, 0.3) is 0 Å². The molecule has 0 aliphatic heterocycles. The summed E-state index contributed by atoms with van der Waals surface area (Å²) in [5, 5.41) is 17.4. The van der Waals surface area contributed by atoms with E-state index in [2.05, 4.69) is 0 Å². The van der Waals surface area contributed by atoms with Gasteiger partial charge in [0.1, 0.15) is 0 Å². The predicted molar refractivity (Wildman–Crippen MR) is 67.8 cm³/mol. The van der Waals surface area contributed by atoms with E-state index >= 15 is 0 Å². The summed E-state index contributed by atoms with van der Waals surface area (Å²) in [7, 11) is 2.74. The van der Waals surface area contributed by atoms with Crippen LogP contribution in [0.2, 0.25) is 0 Å². The molecule has 0 spiro atoms. The van der Waals surface area contributed by atoms with Crippen LogP contribution in [0, 0.1) is 5.82 Å². The van der Waals surface area contributed by atoms with E-state index in [0.29, 0.717) is 11.6 Å². The number of methoxy groups -OCH3 is 1. The van der Waals surface area contributed by atoms with Crippen LogP contribution in [-0.4, -0.2) is 41.1 Å². The van der Waals surface area contributed by atoms with Crippen molar-refractivity contribution in [2.75, 3.05) is 14.2 Å². The third-order valence-electron chi connectivity index (χ3n) is 2.49. The Morgan fingerprint density at radius 1 is 1.40 bits per heavy atom. The molecule has 2 N–H and O–H groups in total. The SMILES string of the molecule is COc1cc(CN(C)C(=O)C=C(O)C(=O)O)ccc1F. The zero-order chi connectivity index (χ0) is 15.3. The molecule has 6 nitrogen and oxygen atoms in total. The second-order valence-electron chi connectivity index (χ2n) is 4.00. The number of benzene rings is 1. The van der Waals surface area contributed by atoms with E-state index in [0.717, 1.165) is 0 Å². The van der Waals surface area contributed by atoms with Crippen LogP contribution < -0.4 is 4.74 Å². The van der Waals surface area contributed by atoms with Gasteiger partial charge in [0, 0.05) is 13.6 Å². The monoisotopic (exact) mass is 283 g/mol. The van der Waals surface area contributed by atoms with Gasteiger partial charge in [-0.05, 0) is 17.7 Å². The van der Waals surface area contributed by atoms with E-state index in [-0.39, 0.29) is 12.3 Å². The van der Waals surface area contributed by atoms with Crippen molar-refractivity contribution in [1.29, 1.82) is 0 Å². The molecule has 0 aliphatic rings. The molecule has 0 saturated heterocycles. The van der Waals surface area contributed by atoms with Gasteiger partial charge < -0.3 is 19.8 Å². The third kappa shape index (κ3) is 3.98. The van der Waals surface area contributed by atoms with Gasteiger partial charge >= 0.3 is 5.97 Å². The van der Waals surface area contributed by atoms with Gasteiger partial charge in [-0.15, -0.1) is 0 Å². The lowest BCUT2D eigenvalue weighted by Gasteiger charge is -2.16. The number of likely N-dealkylation sites (N-methyl/N-ethyl adjacent to an activating group) is 1. The third-order valence-corrected chi connectivity index (χ3v) is 2.49. The van der Waals surface area contributed by atoms with Crippen LogP contribution in [-0.2, 0) is 16.1 Å². The van der Waals surface area contributed by atoms with Crippen LogP contribution in [0.4, 0.5) is 4.39 Å². The minimum Gasteiger partial charge on any atom is -0.502 e. The van der Waals surface area contributed by atoms with E-state index < -0.39 is 23.5 Å². The quantitative estimate of drug-likeness (QED) is 0.628. The molecule has 0 atom stereocenters. The Hall–Kier alpha value is -2.57. The molecule has 0 bridgehead atoms. The highest BCUT2D eigenvalue weighted by Gasteiger charge is 2.12. The highest BCUT2D eigenvalue weighted by Crippen LogP contribution is 2.19. The number of amides is 1. The molecule has 0 fully saturated rings. The normalized spacial score (nSPS) is 11.1. The fourth-order valence-corrected chi connectivity index (χ4v) is 1.44. The van der Waals surface area contributed by atoms with Crippen LogP contribution in [0.5, 0.6) is 5.75 Å². The topological polar surface area (TPSA) is 87.1 Å². The average Bonchev–Trinajstić information content (AvgIpc) is 2.40. The van der Waals surface area contributed by atoms with Crippen molar-refractivity contribution in [3.05, 3.63) is 41.4 Å². The molecule has 0 aliphatic carbocycles. The first kappa shape index (κ1) is 15.5. The Balaban J connectivity index is 2.80. The van der Waals surface area contributed by atoms with Crippen molar-refractivity contribution in [3.63, 3.8) is 0 Å². The zero-order valence-electron chi connectivity index (χ0n) is 11.0. The van der Waals surface area contributed by atoms with Crippen molar-refractivity contribution in [2.45, 2.75) is 6.54 Å². The number of hydrogen-bond donors (Lipinski definition) is 2. The number of carboxylic acids is 1. The number of carbonyl (C=O) groups is 2. The van der Waals surface area contributed by atoms with Crippen molar-refractivity contribution in [1.82, 2.24) is 4.90 Å². The van der Waals surface area contributed by atoms with Crippen LogP contribution >= 0.6 is 0 Å². The first-order chi connectivity index (χ1) is 9.35. The van der Waals surface area contributed by atoms with Gasteiger partial charge in [0.05, 0.1) is 13.2 Å². The summed E-state index contributed by atoms with van der Waals surface area (Å²) in [4.78, 5) is 23.2. The number of aliphatic hydroxyl groups excluding tert-OH is 1. The Bertz CT molecular complexity index is 556. The predicted octanol–water partition coefficient (Wildman–Crippen LogP) is 1.32. The molecule has 7 heteroatoms. The average molecular weight is 283 g/mol. The number of hydrogen-bond acceptors (Lipinski definition) is 4. The molecule has 1 amide bonds. The maximum atomic E-state index is 13.2. The number of halogens is 1. The van der Waals surface area contributed by atoms with Crippen LogP contribution in [0.1, 0.15) is 5.56 Å². The first-order valence-corrected chi connectivity index (χ1v) is 5.56. The fraction of sp³-hybridized carbons (Fsp3) is 0.231. The molecule has 1 aromatic rings. The standard InChI is InChI=1S/C13H14FNO5/c1-15(12(17)6-10(16)13(18)19)7-8-3-4-9(14)11(5-8)20-2/h3-6,16H,7H2,1-2H3,(H,18,19). The number of carbonyl (C=O) groups excluding carboxylic acids is 1. The summed E-state index contributed by atoms with van der Waals surface area (Å²) in [6, 6.07) is 4.11. The van der Waals surface area contributed by atoms with Crippen LogP contribution in [0.3, 0.4) is 0 Å². The van der Waals surface area contributed by atoms with Gasteiger partial charge in [0.25, 0.3) is 5.91 Å². The van der Waals surface area contributed by atoms with Gasteiger partial charge in [-0.2, -0.15) is 0 Å². The number of aliphatic carboxylic acids is 1.